The molecule has 0 aromatic carbocycles. The van der Waals surface area contributed by atoms with Crippen molar-refractivity contribution in [1.29, 1.82) is 0 Å². The number of piperidine rings is 1. The van der Waals surface area contributed by atoms with Crippen LogP contribution in [0.2, 0.25) is 0 Å². The van der Waals surface area contributed by atoms with Crippen molar-refractivity contribution in [2.24, 2.45) is 10.9 Å². The van der Waals surface area contributed by atoms with E-state index >= 15 is 0 Å². The predicted octanol–water partition coefficient (Wildman–Crippen LogP) is 3.48. The minimum Gasteiger partial charge on any atom is -0.348 e. The first-order valence-corrected chi connectivity index (χ1v) is 7.52. The number of hydrogen-bond acceptors (Lipinski definition) is 4. The van der Waals surface area contributed by atoms with E-state index in [1.165, 1.54) is 18.6 Å². The van der Waals surface area contributed by atoms with Crippen LogP contribution in [0.25, 0.3) is 0 Å². The Bertz CT molecular complexity index is 458. The van der Waals surface area contributed by atoms with Crippen molar-refractivity contribution in [1.82, 2.24) is 4.98 Å². The molecule has 1 aromatic heterocycles. The van der Waals surface area contributed by atoms with Gasteiger partial charge in [-0.25, -0.2) is 4.98 Å². The van der Waals surface area contributed by atoms with Crippen molar-refractivity contribution in [3.8, 4) is 0 Å². The van der Waals surface area contributed by atoms with Crippen LogP contribution in [0, 0.1) is 5.92 Å². The highest BCUT2D eigenvalue weighted by atomic mass is 79.9. The van der Waals surface area contributed by atoms with Crippen LogP contribution in [0.3, 0.4) is 0 Å². The summed E-state index contributed by atoms with van der Waals surface area (Å²) in [5.41, 5.74) is 1.38. The van der Waals surface area contributed by atoms with E-state index in [-0.39, 0.29) is 0 Å². The van der Waals surface area contributed by atoms with Crippen LogP contribution >= 0.6 is 27.3 Å². The maximum absolute atomic E-state index is 4.46. The zero-order valence-electron chi connectivity index (χ0n) is 9.47. The molecule has 3 rings (SSSR count). The van der Waals surface area contributed by atoms with Gasteiger partial charge in [-0.15, -0.1) is 0 Å². The monoisotopic (exact) mass is 311 g/mol. The summed E-state index contributed by atoms with van der Waals surface area (Å²) in [6.07, 6.45) is 9.46. The van der Waals surface area contributed by atoms with Crippen molar-refractivity contribution in [3.05, 3.63) is 22.3 Å². The summed E-state index contributed by atoms with van der Waals surface area (Å²) in [5, 5.41) is 1.14. The van der Waals surface area contributed by atoms with Crippen LogP contribution in [-0.4, -0.2) is 23.8 Å². The standard InChI is InChI=1S/C12H14BrN3S/c13-11-8-15-12(17-11)16-6-3-9(4-7-16)10-2-1-5-14-10/h1,5,8-9H,2-4,6-7H2. The summed E-state index contributed by atoms with van der Waals surface area (Å²) in [5.74, 6) is 0.685. The molecule has 0 radical (unpaired) electrons. The molecule has 1 aromatic rings. The lowest BCUT2D eigenvalue weighted by Crippen LogP contribution is -2.35. The lowest BCUT2D eigenvalue weighted by Gasteiger charge is -2.31. The van der Waals surface area contributed by atoms with Gasteiger partial charge in [0.05, 0.1) is 9.98 Å². The van der Waals surface area contributed by atoms with Gasteiger partial charge < -0.3 is 4.90 Å². The third-order valence-electron chi connectivity index (χ3n) is 3.37. The lowest BCUT2D eigenvalue weighted by molar-refractivity contribution is 0.499. The summed E-state index contributed by atoms with van der Waals surface area (Å²) < 4.78 is 1.11. The molecule has 0 spiro atoms. The Morgan fingerprint density at radius 1 is 1.35 bits per heavy atom. The molecule has 0 amide bonds. The quantitative estimate of drug-likeness (QED) is 0.836. The Kier molecular flexibility index (Phi) is 3.29. The molecular formula is C12H14BrN3S. The van der Waals surface area contributed by atoms with Crippen molar-refractivity contribution >= 4 is 38.1 Å². The van der Waals surface area contributed by atoms with Gasteiger partial charge in [-0.1, -0.05) is 17.4 Å². The fourth-order valence-corrected chi connectivity index (χ4v) is 3.68. The summed E-state index contributed by atoms with van der Waals surface area (Å²) >= 11 is 5.18. The molecule has 0 unspecified atom stereocenters. The van der Waals surface area contributed by atoms with Gasteiger partial charge in [-0.3, -0.25) is 4.99 Å². The molecule has 3 nitrogen and oxygen atoms in total. The Morgan fingerprint density at radius 3 is 2.76 bits per heavy atom. The van der Waals surface area contributed by atoms with Gasteiger partial charge >= 0.3 is 0 Å². The third-order valence-corrected chi connectivity index (χ3v) is 4.91. The average Bonchev–Trinajstić information content (AvgIpc) is 3.00. The number of hydrogen-bond donors (Lipinski definition) is 0. The fraction of sp³-hybridized carbons (Fsp3) is 0.500. The number of aromatic nitrogens is 1. The molecule has 5 heteroatoms. The second kappa shape index (κ2) is 4.90. The molecule has 0 saturated carbocycles. The van der Waals surface area contributed by atoms with E-state index in [0.717, 1.165) is 28.4 Å². The Labute approximate surface area is 113 Å². The molecule has 1 fully saturated rings. The smallest absolute Gasteiger partial charge is 0.186 e. The molecule has 2 aliphatic rings. The number of anilines is 1. The molecule has 17 heavy (non-hydrogen) atoms. The minimum absolute atomic E-state index is 0.685. The molecule has 0 atom stereocenters. The second-order valence-electron chi connectivity index (χ2n) is 4.42. The lowest BCUT2D eigenvalue weighted by atomic mass is 9.91. The van der Waals surface area contributed by atoms with E-state index in [4.69, 9.17) is 0 Å². The molecule has 1 saturated heterocycles. The number of rotatable bonds is 2. The zero-order chi connectivity index (χ0) is 11.7. The van der Waals surface area contributed by atoms with Crippen LogP contribution in [0.5, 0.6) is 0 Å². The summed E-state index contributed by atoms with van der Waals surface area (Å²) in [6, 6.07) is 0. The van der Waals surface area contributed by atoms with Crippen LogP contribution in [0.4, 0.5) is 5.13 Å². The normalized spacial score (nSPS) is 21.0. The summed E-state index contributed by atoms with van der Waals surface area (Å²) in [7, 11) is 0. The number of nitrogens with zero attached hydrogens (tertiary/aromatic N) is 3. The minimum atomic E-state index is 0.685. The van der Waals surface area contributed by atoms with Crippen molar-refractivity contribution in [2.75, 3.05) is 18.0 Å². The van der Waals surface area contributed by atoms with E-state index in [9.17, 15) is 0 Å². The fourth-order valence-electron chi connectivity index (χ4n) is 2.44. The van der Waals surface area contributed by atoms with Crippen molar-refractivity contribution in [2.45, 2.75) is 19.3 Å². The van der Waals surface area contributed by atoms with Crippen molar-refractivity contribution < 1.29 is 0 Å². The third kappa shape index (κ3) is 2.45. The SMILES string of the molecule is Brc1cnc(N2CCC(C3=NC=CC3)CC2)s1. The molecule has 3 heterocycles. The average molecular weight is 312 g/mol. The highest BCUT2D eigenvalue weighted by Gasteiger charge is 2.24. The Morgan fingerprint density at radius 2 is 2.18 bits per heavy atom. The van der Waals surface area contributed by atoms with Gasteiger partial charge in [-0.2, -0.15) is 0 Å². The van der Waals surface area contributed by atoms with Crippen LogP contribution in [-0.2, 0) is 0 Å². The highest BCUT2D eigenvalue weighted by Crippen LogP contribution is 2.31. The topological polar surface area (TPSA) is 28.5 Å². The first-order chi connectivity index (χ1) is 8.33. The van der Waals surface area contributed by atoms with E-state index in [1.807, 2.05) is 12.4 Å². The summed E-state index contributed by atoms with van der Waals surface area (Å²) in [4.78, 5) is 11.3. The van der Waals surface area contributed by atoms with Crippen molar-refractivity contribution in [3.63, 3.8) is 0 Å². The predicted molar refractivity (Wildman–Crippen MR) is 75.9 cm³/mol. The second-order valence-corrected chi connectivity index (χ2v) is 6.81. The molecule has 0 N–H and O–H groups in total. The van der Waals surface area contributed by atoms with Gasteiger partial charge in [0.2, 0.25) is 0 Å². The first-order valence-electron chi connectivity index (χ1n) is 5.91. The number of allylic oxidation sites excluding steroid dienone is 1. The van der Waals surface area contributed by atoms with Gasteiger partial charge in [0.15, 0.2) is 5.13 Å². The number of aliphatic imine (C=N–C) groups is 1. The maximum Gasteiger partial charge on any atom is 0.186 e. The van der Waals surface area contributed by atoms with E-state index < -0.39 is 0 Å². The number of halogens is 1. The molecule has 90 valence electrons. The van der Waals surface area contributed by atoms with Gasteiger partial charge in [0, 0.05) is 37.3 Å². The zero-order valence-corrected chi connectivity index (χ0v) is 11.9. The molecular weight excluding hydrogens is 298 g/mol. The van der Waals surface area contributed by atoms with E-state index in [2.05, 4.69) is 36.9 Å². The van der Waals surface area contributed by atoms with E-state index in [0.29, 0.717) is 5.92 Å². The number of thiazole rings is 1. The molecule has 0 bridgehead atoms. The van der Waals surface area contributed by atoms with Gasteiger partial charge in [0.25, 0.3) is 0 Å². The molecule has 2 aliphatic heterocycles. The Balaban J connectivity index is 1.60. The van der Waals surface area contributed by atoms with Crippen LogP contribution < -0.4 is 4.90 Å². The van der Waals surface area contributed by atoms with Crippen LogP contribution in [0.1, 0.15) is 19.3 Å². The summed E-state index contributed by atoms with van der Waals surface area (Å²) in [6.45, 7) is 2.20. The maximum atomic E-state index is 4.46. The molecule has 0 aliphatic carbocycles. The van der Waals surface area contributed by atoms with Gasteiger partial charge in [-0.05, 0) is 28.8 Å². The Hall–Kier alpha value is -0.680. The largest absolute Gasteiger partial charge is 0.348 e. The van der Waals surface area contributed by atoms with Gasteiger partial charge in [0.1, 0.15) is 0 Å². The van der Waals surface area contributed by atoms with E-state index in [1.54, 1.807) is 11.3 Å². The first kappa shape index (κ1) is 11.4. The van der Waals surface area contributed by atoms with Crippen LogP contribution in [0.15, 0.2) is 27.3 Å². The highest BCUT2D eigenvalue weighted by molar-refractivity contribution is 9.11.